The maximum absolute atomic E-state index is 10.9. The zero-order valence-corrected chi connectivity index (χ0v) is 12.8. The van der Waals surface area contributed by atoms with Crippen molar-refractivity contribution in [2.24, 2.45) is 11.5 Å². The molecule has 0 aliphatic heterocycles. The summed E-state index contributed by atoms with van der Waals surface area (Å²) in [6, 6.07) is 2.67. The molecule has 0 unspecified atom stereocenters. The average Bonchev–Trinajstić information content (AvgIpc) is 2.56. The second kappa shape index (κ2) is 7.31. The first kappa shape index (κ1) is 16.4. The van der Waals surface area contributed by atoms with E-state index in [0.29, 0.717) is 47.3 Å². The monoisotopic (exact) mass is 321 g/mol. The number of urea groups is 1. The van der Waals surface area contributed by atoms with Gasteiger partial charge in [-0.1, -0.05) is 0 Å². The number of fused-ring (bicyclic) bond motifs is 1. The first-order valence-corrected chi connectivity index (χ1v) is 6.78. The van der Waals surface area contributed by atoms with Gasteiger partial charge in [0.25, 0.3) is 0 Å². The van der Waals surface area contributed by atoms with E-state index in [4.69, 9.17) is 20.9 Å². The zero-order chi connectivity index (χ0) is 16.8. The summed E-state index contributed by atoms with van der Waals surface area (Å²) in [6.07, 6.45) is 0. The number of ether oxygens (including phenoxy) is 2. The quantitative estimate of drug-likeness (QED) is 0.448. The molecule has 2 amide bonds. The van der Waals surface area contributed by atoms with Gasteiger partial charge in [0, 0.05) is 24.5 Å². The molecule has 10 heteroatoms. The van der Waals surface area contributed by atoms with Gasteiger partial charge in [-0.05, 0) is 6.07 Å². The first-order valence-electron chi connectivity index (χ1n) is 6.78. The maximum Gasteiger partial charge on any atom is 0.330 e. The Labute approximate surface area is 132 Å². The molecule has 0 saturated heterocycles. The Morgan fingerprint density at radius 2 is 1.91 bits per heavy atom. The second-order valence-corrected chi connectivity index (χ2v) is 4.45. The van der Waals surface area contributed by atoms with Gasteiger partial charge in [0.15, 0.2) is 17.3 Å². The number of primary amides is 1. The van der Waals surface area contributed by atoms with E-state index in [1.54, 1.807) is 12.1 Å². The predicted molar refractivity (Wildman–Crippen MR) is 86.5 cm³/mol. The minimum atomic E-state index is -0.742. The Hall–Kier alpha value is -3.01. The number of nitrogens with two attached hydrogens (primary N) is 2. The Balaban J connectivity index is 2.54. The molecular weight excluding hydrogens is 302 g/mol. The summed E-state index contributed by atoms with van der Waals surface area (Å²) in [6.45, 7) is 0.928. The van der Waals surface area contributed by atoms with Crippen LogP contribution in [-0.4, -0.2) is 43.3 Å². The molecule has 1 aromatic carbocycles. The van der Waals surface area contributed by atoms with E-state index in [9.17, 15) is 4.79 Å². The van der Waals surface area contributed by atoms with Crippen molar-refractivity contribution in [1.82, 2.24) is 15.4 Å². The number of hydrazine groups is 1. The Bertz CT molecular complexity index is 708. The molecule has 0 spiro atoms. The van der Waals surface area contributed by atoms with Crippen LogP contribution < -0.4 is 37.1 Å². The minimum absolute atomic E-state index is 0.351. The third kappa shape index (κ3) is 3.80. The third-order valence-electron chi connectivity index (χ3n) is 2.93. The summed E-state index contributed by atoms with van der Waals surface area (Å²) in [7, 11) is 3.06. The fraction of sp³-hybridized carbons (Fsp3) is 0.308. The molecule has 2 rings (SSSR count). The Morgan fingerprint density at radius 3 is 2.52 bits per heavy atom. The van der Waals surface area contributed by atoms with E-state index in [1.165, 1.54) is 14.2 Å². The lowest BCUT2D eigenvalue weighted by molar-refractivity contribution is 0.250. The van der Waals surface area contributed by atoms with Crippen molar-refractivity contribution in [1.29, 1.82) is 0 Å². The maximum atomic E-state index is 10.9. The number of aromatic nitrogens is 2. The molecule has 0 radical (unpaired) electrons. The summed E-state index contributed by atoms with van der Waals surface area (Å²) in [5, 5.41) is 3.60. The van der Waals surface area contributed by atoms with Crippen LogP contribution in [-0.2, 0) is 0 Å². The van der Waals surface area contributed by atoms with Crippen molar-refractivity contribution in [3.05, 3.63) is 12.1 Å². The fourth-order valence-corrected chi connectivity index (χ4v) is 1.93. The highest BCUT2D eigenvalue weighted by Crippen LogP contribution is 2.34. The van der Waals surface area contributed by atoms with E-state index in [2.05, 4.69) is 26.1 Å². The largest absolute Gasteiger partial charge is 0.493 e. The van der Waals surface area contributed by atoms with Crippen LogP contribution in [0.1, 0.15) is 0 Å². The molecule has 0 atom stereocenters. The summed E-state index contributed by atoms with van der Waals surface area (Å²) in [5.74, 6) is 1.74. The third-order valence-corrected chi connectivity index (χ3v) is 2.93. The molecule has 7 N–H and O–H groups in total. The standard InChI is InChI=1S/C13H19N7O3/c1-22-9-5-7-8(6-10(9)23-2)17-13(16-4-3-14)18-11(7)19-20-12(15)21/h5-6H,3-4,14H2,1-2H3,(H3,15,20,21)(H2,16,17,18,19). The van der Waals surface area contributed by atoms with Crippen molar-refractivity contribution in [2.75, 3.05) is 38.1 Å². The summed E-state index contributed by atoms with van der Waals surface area (Å²) in [5.41, 5.74) is 16.1. The Kier molecular flexibility index (Phi) is 5.20. The SMILES string of the molecule is COc1cc2nc(NCCN)nc(NNC(N)=O)c2cc1OC. The van der Waals surface area contributed by atoms with Crippen molar-refractivity contribution in [3.63, 3.8) is 0 Å². The molecule has 0 bridgehead atoms. The molecule has 23 heavy (non-hydrogen) atoms. The summed E-state index contributed by atoms with van der Waals surface area (Å²) >= 11 is 0. The number of benzene rings is 1. The number of hydrogen-bond acceptors (Lipinski definition) is 8. The molecule has 2 aromatic rings. The topological polar surface area (TPSA) is 149 Å². The average molecular weight is 321 g/mol. The highest BCUT2D eigenvalue weighted by molar-refractivity contribution is 5.93. The number of methoxy groups -OCH3 is 2. The van der Waals surface area contributed by atoms with Gasteiger partial charge in [0.1, 0.15) is 0 Å². The lowest BCUT2D eigenvalue weighted by atomic mass is 10.2. The molecule has 1 aromatic heterocycles. The lowest BCUT2D eigenvalue weighted by Crippen LogP contribution is -2.34. The first-order chi connectivity index (χ1) is 11.1. The number of hydrogen-bond donors (Lipinski definition) is 5. The molecule has 0 aliphatic rings. The highest BCUT2D eigenvalue weighted by atomic mass is 16.5. The van der Waals surface area contributed by atoms with E-state index < -0.39 is 6.03 Å². The molecule has 10 nitrogen and oxygen atoms in total. The van der Waals surface area contributed by atoms with Gasteiger partial charge in [0.05, 0.1) is 19.7 Å². The molecular formula is C13H19N7O3. The van der Waals surface area contributed by atoms with E-state index in [-0.39, 0.29) is 0 Å². The number of nitrogens with one attached hydrogen (secondary N) is 3. The lowest BCUT2D eigenvalue weighted by Gasteiger charge is -2.14. The van der Waals surface area contributed by atoms with Gasteiger partial charge in [-0.15, -0.1) is 0 Å². The number of carbonyl (C=O) groups excluding carboxylic acids is 1. The van der Waals surface area contributed by atoms with Gasteiger partial charge >= 0.3 is 6.03 Å². The fourth-order valence-electron chi connectivity index (χ4n) is 1.93. The number of carbonyl (C=O) groups is 1. The van der Waals surface area contributed by atoms with Crippen LogP contribution in [0.5, 0.6) is 11.5 Å². The van der Waals surface area contributed by atoms with Gasteiger partial charge in [-0.2, -0.15) is 4.98 Å². The minimum Gasteiger partial charge on any atom is -0.493 e. The van der Waals surface area contributed by atoms with Crippen LogP contribution in [0.15, 0.2) is 12.1 Å². The number of amides is 2. The molecule has 124 valence electrons. The summed E-state index contributed by atoms with van der Waals surface area (Å²) < 4.78 is 10.5. The van der Waals surface area contributed by atoms with Crippen molar-refractivity contribution in [2.45, 2.75) is 0 Å². The van der Waals surface area contributed by atoms with Crippen LogP contribution in [0.4, 0.5) is 16.6 Å². The number of anilines is 2. The van der Waals surface area contributed by atoms with Crippen LogP contribution in [0.3, 0.4) is 0 Å². The van der Waals surface area contributed by atoms with Crippen LogP contribution >= 0.6 is 0 Å². The van der Waals surface area contributed by atoms with Crippen LogP contribution in [0.25, 0.3) is 10.9 Å². The van der Waals surface area contributed by atoms with E-state index >= 15 is 0 Å². The molecule has 0 saturated carbocycles. The second-order valence-electron chi connectivity index (χ2n) is 4.45. The number of nitrogens with zero attached hydrogens (tertiary/aromatic N) is 2. The molecule has 1 heterocycles. The molecule has 0 fully saturated rings. The van der Waals surface area contributed by atoms with E-state index in [0.717, 1.165) is 0 Å². The van der Waals surface area contributed by atoms with Crippen molar-refractivity contribution in [3.8, 4) is 11.5 Å². The number of rotatable bonds is 7. The van der Waals surface area contributed by atoms with Gasteiger partial charge < -0.3 is 26.3 Å². The normalized spacial score (nSPS) is 10.2. The van der Waals surface area contributed by atoms with Crippen molar-refractivity contribution >= 4 is 28.7 Å². The summed E-state index contributed by atoms with van der Waals surface area (Å²) in [4.78, 5) is 19.6. The van der Waals surface area contributed by atoms with Gasteiger partial charge in [-0.3, -0.25) is 10.9 Å². The van der Waals surface area contributed by atoms with Crippen LogP contribution in [0, 0.1) is 0 Å². The highest BCUT2D eigenvalue weighted by Gasteiger charge is 2.13. The molecule has 0 aliphatic carbocycles. The van der Waals surface area contributed by atoms with Gasteiger partial charge in [0.2, 0.25) is 5.95 Å². The van der Waals surface area contributed by atoms with E-state index in [1.807, 2.05) is 0 Å². The zero-order valence-electron chi connectivity index (χ0n) is 12.8. The predicted octanol–water partition coefficient (Wildman–Crippen LogP) is 0.0128. The Morgan fingerprint density at radius 1 is 1.22 bits per heavy atom. The van der Waals surface area contributed by atoms with Gasteiger partial charge in [-0.25, -0.2) is 9.78 Å². The van der Waals surface area contributed by atoms with Crippen molar-refractivity contribution < 1.29 is 14.3 Å². The smallest absolute Gasteiger partial charge is 0.330 e. The van der Waals surface area contributed by atoms with Crippen LogP contribution in [0.2, 0.25) is 0 Å².